The van der Waals surface area contributed by atoms with Gasteiger partial charge in [0.1, 0.15) is 0 Å². The Bertz CT molecular complexity index is 951. The third kappa shape index (κ3) is 4.22. The lowest BCUT2D eigenvalue weighted by Gasteiger charge is -2.35. The number of hydrogen-bond donors (Lipinski definition) is 1. The maximum absolute atomic E-state index is 12.7. The summed E-state index contributed by atoms with van der Waals surface area (Å²) in [6, 6.07) is -0.345. The van der Waals surface area contributed by atoms with Gasteiger partial charge < -0.3 is 9.47 Å². The van der Waals surface area contributed by atoms with E-state index in [1.165, 1.54) is 20.5 Å². The normalized spacial score (nSPS) is 19.7. The molecule has 1 aliphatic heterocycles. The van der Waals surface area contributed by atoms with Gasteiger partial charge in [-0.05, 0) is 25.7 Å². The van der Waals surface area contributed by atoms with Crippen molar-refractivity contribution >= 4 is 15.9 Å². The predicted octanol–water partition coefficient (Wildman–Crippen LogP) is -0.0664. The number of carbonyl (C=O) groups excluding carboxylic acids is 1. The SMILES string of the molecule is Cn1cc(S(=O)(=O)NC2CCN(C(=O)C3CCCCC3)CC2)c(=O)n(C)c1=O. The number of hydrogen-bond acceptors (Lipinski definition) is 5. The highest BCUT2D eigenvalue weighted by Gasteiger charge is 2.31. The lowest BCUT2D eigenvalue weighted by atomic mass is 9.87. The number of rotatable bonds is 4. The molecule has 156 valence electrons. The van der Waals surface area contributed by atoms with Gasteiger partial charge in [0, 0.05) is 45.3 Å². The summed E-state index contributed by atoms with van der Waals surface area (Å²) in [5.41, 5.74) is -1.43. The second-order valence-corrected chi connectivity index (χ2v) is 9.49. The number of amides is 1. The van der Waals surface area contributed by atoms with E-state index in [0.717, 1.165) is 41.0 Å². The number of carbonyl (C=O) groups is 1. The van der Waals surface area contributed by atoms with E-state index in [2.05, 4.69) is 4.72 Å². The summed E-state index contributed by atoms with van der Waals surface area (Å²) >= 11 is 0. The summed E-state index contributed by atoms with van der Waals surface area (Å²) in [4.78, 5) is 38.0. The van der Waals surface area contributed by atoms with Gasteiger partial charge in [0.2, 0.25) is 15.9 Å². The van der Waals surface area contributed by atoms with Crippen LogP contribution in [0.2, 0.25) is 0 Å². The summed E-state index contributed by atoms with van der Waals surface area (Å²) < 4.78 is 29.8. The Morgan fingerprint density at radius 2 is 1.64 bits per heavy atom. The van der Waals surface area contributed by atoms with Crippen molar-refractivity contribution in [2.75, 3.05) is 13.1 Å². The molecule has 1 aliphatic carbocycles. The molecule has 1 amide bonds. The first-order valence-electron chi connectivity index (χ1n) is 9.78. The van der Waals surface area contributed by atoms with Crippen LogP contribution in [0.15, 0.2) is 20.7 Å². The molecule has 0 radical (unpaired) electrons. The van der Waals surface area contributed by atoms with Crippen LogP contribution in [0, 0.1) is 5.92 Å². The van der Waals surface area contributed by atoms with E-state index in [-0.39, 0.29) is 17.9 Å². The average molecular weight is 413 g/mol. The first-order valence-corrected chi connectivity index (χ1v) is 11.3. The van der Waals surface area contributed by atoms with E-state index < -0.39 is 26.2 Å². The van der Waals surface area contributed by atoms with Crippen molar-refractivity contribution in [1.29, 1.82) is 0 Å². The van der Waals surface area contributed by atoms with Crippen LogP contribution in [-0.4, -0.2) is 47.5 Å². The zero-order valence-electron chi connectivity index (χ0n) is 16.4. The van der Waals surface area contributed by atoms with Gasteiger partial charge in [-0.3, -0.25) is 14.2 Å². The number of likely N-dealkylation sites (tertiary alicyclic amines) is 1. The third-order valence-corrected chi connectivity index (χ3v) is 7.29. The minimum atomic E-state index is -4.06. The van der Waals surface area contributed by atoms with Gasteiger partial charge >= 0.3 is 5.69 Å². The van der Waals surface area contributed by atoms with Crippen molar-refractivity contribution in [3.8, 4) is 0 Å². The lowest BCUT2D eigenvalue weighted by molar-refractivity contribution is -0.137. The zero-order valence-corrected chi connectivity index (χ0v) is 17.2. The van der Waals surface area contributed by atoms with Gasteiger partial charge in [-0.2, -0.15) is 0 Å². The second-order valence-electron chi connectivity index (χ2n) is 7.81. The maximum Gasteiger partial charge on any atom is 0.330 e. The highest BCUT2D eigenvalue weighted by molar-refractivity contribution is 7.89. The Labute approximate surface area is 164 Å². The topological polar surface area (TPSA) is 110 Å². The van der Waals surface area contributed by atoms with Crippen LogP contribution in [0.25, 0.3) is 0 Å². The monoisotopic (exact) mass is 412 g/mol. The van der Waals surface area contributed by atoms with Crippen molar-refractivity contribution in [2.24, 2.45) is 20.0 Å². The molecule has 0 bridgehead atoms. The number of aryl methyl sites for hydroxylation is 1. The van der Waals surface area contributed by atoms with Gasteiger partial charge in [-0.15, -0.1) is 0 Å². The fraction of sp³-hybridized carbons (Fsp3) is 0.722. The highest BCUT2D eigenvalue weighted by atomic mass is 32.2. The Morgan fingerprint density at radius 1 is 1.04 bits per heavy atom. The fourth-order valence-electron chi connectivity index (χ4n) is 4.07. The molecule has 0 atom stereocenters. The lowest BCUT2D eigenvalue weighted by Crippen LogP contribution is -2.49. The van der Waals surface area contributed by atoms with Crippen molar-refractivity contribution in [2.45, 2.75) is 55.9 Å². The van der Waals surface area contributed by atoms with Crippen LogP contribution in [0.5, 0.6) is 0 Å². The predicted molar refractivity (Wildman–Crippen MR) is 103 cm³/mol. The fourth-order valence-corrected chi connectivity index (χ4v) is 5.53. The molecule has 28 heavy (non-hydrogen) atoms. The molecule has 9 nitrogen and oxygen atoms in total. The van der Waals surface area contributed by atoms with Gasteiger partial charge in [0.15, 0.2) is 4.90 Å². The Hall–Kier alpha value is -1.94. The smallest absolute Gasteiger partial charge is 0.330 e. The van der Waals surface area contributed by atoms with Crippen LogP contribution >= 0.6 is 0 Å². The van der Waals surface area contributed by atoms with E-state index in [4.69, 9.17) is 0 Å². The number of aromatic nitrogens is 2. The first kappa shape index (κ1) is 20.8. The van der Waals surface area contributed by atoms with Gasteiger partial charge in [-0.1, -0.05) is 19.3 Å². The molecule has 2 heterocycles. The molecule has 1 N–H and O–H groups in total. The molecule has 0 spiro atoms. The van der Waals surface area contributed by atoms with Crippen LogP contribution in [0.3, 0.4) is 0 Å². The molecule has 1 aromatic heterocycles. The number of nitrogens with one attached hydrogen (secondary N) is 1. The summed E-state index contributed by atoms with van der Waals surface area (Å²) in [5.74, 6) is 0.295. The molecule has 2 fully saturated rings. The largest absolute Gasteiger partial charge is 0.342 e. The molecule has 1 saturated carbocycles. The molecule has 2 aliphatic rings. The number of piperidine rings is 1. The van der Waals surface area contributed by atoms with Gasteiger partial charge in [0.05, 0.1) is 0 Å². The minimum Gasteiger partial charge on any atom is -0.342 e. The van der Waals surface area contributed by atoms with Gasteiger partial charge in [0.25, 0.3) is 5.56 Å². The molecule has 1 aromatic rings. The summed E-state index contributed by atoms with van der Waals surface area (Å²) in [6.07, 6.45) is 7.34. The molecular weight excluding hydrogens is 384 g/mol. The number of sulfonamides is 1. The highest BCUT2D eigenvalue weighted by Crippen LogP contribution is 2.26. The van der Waals surface area contributed by atoms with Crippen molar-refractivity contribution < 1.29 is 13.2 Å². The average Bonchev–Trinajstić information content (AvgIpc) is 2.69. The standard InChI is InChI=1S/C18H28N4O5S/c1-20-12-15(17(24)21(2)18(20)25)28(26,27)19-14-8-10-22(11-9-14)16(23)13-6-4-3-5-7-13/h12-14,19H,3-11H2,1-2H3. The van der Waals surface area contributed by atoms with Crippen LogP contribution in [-0.2, 0) is 28.9 Å². The van der Waals surface area contributed by atoms with E-state index in [0.29, 0.717) is 25.9 Å². The molecule has 1 saturated heterocycles. The van der Waals surface area contributed by atoms with Crippen LogP contribution in [0.1, 0.15) is 44.9 Å². The molecule has 3 rings (SSSR count). The quantitative estimate of drug-likeness (QED) is 0.745. The zero-order chi connectivity index (χ0) is 20.5. The molecule has 0 aromatic carbocycles. The molecule has 10 heteroatoms. The summed E-state index contributed by atoms with van der Waals surface area (Å²) in [6.45, 7) is 1.02. The second kappa shape index (κ2) is 8.20. The van der Waals surface area contributed by atoms with E-state index in [9.17, 15) is 22.8 Å². The molecule has 0 unspecified atom stereocenters. The summed E-state index contributed by atoms with van der Waals surface area (Å²) in [7, 11) is -1.41. The van der Waals surface area contributed by atoms with Crippen molar-refractivity contribution in [3.05, 3.63) is 27.0 Å². The van der Waals surface area contributed by atoms with Crippen LogP contribution in [0.4, 0.5) is 0 Å². The van der Waals surface area contributed by atoms with Gasteiger partial charge in [-0.25, -0.2) is 17.9 Å². The molecular formula is C18H28N4O5S. The first-order chi connectivity index (χ1) is 13.2. The van der Waals surface area contributed by atoms with Crippen molar-refractivity contribution in [1.82, 2.24) is 18.8 Å². The summed E-state index contributed by atoms with van der Waals surface area (Å²) in [5, 5.41) is 0. The minimum absolute atomic E-state index is 0.107. The Balaban J connectivity index is 1.65. The Kier molecular flexibility index (Phi) is 6.09. The van der Waals surface area contributed by atoms with E-state index >= 15 is 0 Å². The number of nitrogens with zero attached hydrogens (tertiary/aromatic N) is 3. The van der Waals surface area contributed by atoms with Crippen LogP contribution < -0.4 is 16.0 Å². The van der Waals surface area contributed by atoms with E-state index in [1.54, 1.807) is 0 Å². The third-order valence-electron chi connectivity index (χ3n) is 5.79. The maximum atomic E-state index is 12.7. The Morgan fingerprint density at radius 3 is 2.25 bits per heavy atom. The van der Waals surface area contributed by atoms with E-state index in [1.807, 2.05) is 4.90 Å². The van der Waals surface area contributed by atoms with Crippen molar-refractivity contribution in [3.63, 3.8) is 0 Å².